The zero-order valence-corrected chi connectivity index (χ0v) is 15.3. The van der Waals surface area contributed by atoms with Crippen molar-refractivity contribution in [2.75, 3.05) is 18.5 Å². The van der Waals surface area contributed by atoms with Gasteiger partial charge in [-0.3, -0.25) is 9.59 Å². The SMILES string of the molecule is O=C(COc1ccc2ccccc2c1)NCC(=O)Nc1ccc2[nH]c(=O)[nH]c2c1. The molecule has 4 N–H and O–H groups in total. The van der Waals surface area contributed by atoms with E-state index in [-0.39, 0.29) is 24.7 Å². The minimum absolute atomic E-state index is 0.192. The van der Waals surface area contributed by atoms with Crippen LogP contribution in [-0.2, 0) is 9.59 Å². The Morgan fingerprint density at radius 2 is 1.66 bits per heavy atom. The van der Waals surface area contributed by atoms with Crippen molar-refractivity contribution in [3.63, 3.8) is 0 Å². The number of aromatic amines is 2. The summed E-state index contributed by atoms with van der Waals surface area (Å²) in [7, 11) is 0. The summed E-state index contributed by atoms with van der Waals surface area (Å²) >= 11 is 0. The first-order valence-corrected chi connectivity index (χ1v) is 8.97. The number of hydrogen-bond donors (Lipinski definition) is 4. The number of fused-ring (bicyclic) bond motifs is 2. The highest BCUT2D eigenvalue weighted by Gasteiger charge is 2.08. The molecule has 2 amide bonds. The van der Waals surface area contributed by atoms with E-state index in [9.17, 15) is 14.4 Å². The van der Waals surface area contributed by atoms with E-state index in [0.717, 1.165) is 10.8 Å². The Balaban J connectivity index is 1.26. The molecule has 1 aromatic heterocycles. The molecule has 0 spiro atoms. The monoisotopic (exact) mass is 390 g/mol. The normalized spacial score (nSPS) is 10.8. The highest BCUT2D eigenvalue weighted by molar-refractivity contribution is 5.96. The summed E-state index contributed by atoms with van der Waals surface area (Å²) in [6.45, 7) is -0.385. The molecule has 0 bridgehead atoms. The molecule has 8 heteroatoms. The van der Waals surface area contributed by atoms with E-state index in [0.29, 0.717) is 22.5 Å². The summed E-state index contributed by atoms with van der Waals surface area (Å²) in [5.41, 5.74) is 1.43. The van der Waals surface area contributed by atoms with Crippen molar-refractivity contribution in [2.45, 2.75) is 0 Å². The van der Waals surface area contributed by atoms with Gasteiger partial charge in [0.2, 0.25) is 5.91 Å². The molecule has 146 valence electrons. The Morgan fingerprint density at radius 1 is 0.862 bits per heavy atom. The van der Waals surface area contributed by atoms with Gasteiger partial charge in [-0.15, -0.1) is 0 Å². The number of imidazole rings is 1. The van der Waals surface area contributed by atoms with Crippen LogP contribution in [-0.4, -0.2) is 34.9 Å². The van der Waals surface area contributed by atoms with Gasteiger partial charge < -0.3 is 25.3 Å². The van der Waals surface area contributed by atoms with Crippen molar-refractivity contribution in [1.29, 1.82) is 0 Å². The van der Waals surface area contributed by atoms with Crippen molar-refractivity contribution in [1.82, 2.24) is 15.3 Å². The summed E-state index contributed by atoms with van der Waals surface area (Å²) in [5.74, 6) is -0.211. The Morgan fingerprint density at radius 3 is 2.52 bits per heavy atom. The number of nitrogens with one attached hydrogen (secondary N) is 4. The van der Waals surface area contributed by atoms with Crippen LogP contribution in [0.2, 0.25) is 0 Å². The van der Waals surface area contributed by atoms with Crippen molar-refractivity contribution in [3.05, 3.63) is 71.1 Å². The van der Waals surface area contributed by atoms with E-state index in [1.807, 2.05) is 36.4 Å². The Labute approximate surface area is 164 Å². The zero-order chi connectivity index (χ0) is 20.2. The van der Waals surface area contributed by atoms with Crippen LogP contribution in [0, 0.1) is 0 Å². The van der Waals surface area contributed by atoms with E-state index in [1.165, 1.54) is 0 Å². The summed E-state index contributed by atoms with van der Waals surface area (Å²) in [4.78, 5) is 40.5. The van der Waals surface area contributed by atoms with Crippen LogP contribution < -0.4 is 21.1 Å². The lowest BCUT2D eigenvalue weighted by atomic mass is 10.1. The van der Waals surface area contributed by atoms with E-state index in [2.05, 4.69) is 20.6 Å². The van der Waals surface area contributed by atoms with Gasteiger partial charge in [0.15, 0.2) is 6.61 Å². The number of carbonyl (C=O) groups excluding carboxylic acids is 2. The number of hydrogen-bond acceptors (Lipinski definition) is 4. The number of ether oxygens (including phenoxy) is 1. The first kappa shape index (κ1) is 18.3. The lowest BCUT2D eigenvalue weighted by molar-refractivity contribution is -0.125. The van der Waals surface area contributed by atoms with Crippen LogP contribution in [0.1, 0.15) is 0 Å². The molecule has 4 aromatic rings. The maximum atomic E-state index is 12.0. The average molecular weight is 390 g/mol. The predicted molar refractivity (Wildman–Crippen MR) is 110 cm³/mol. The van der Waals surface area contributed by atoms with Crippen LogP contribution in [0.5, 0.6) is 5.75 Å². The van der Waals surface area contributed by atoms with Gasteiger partial charge in [0.1, 0.15) is 5.75 Å². The molecule has 0 atom stereocenters. The molecule has 0 aliphatic carbocycles. The lowest BCUT2D eigenvalue weighted by Crippen LogP contribution is -2.35. The van der Waals surface area contributed by atoms with Crippen LogP contribution in [0.3, 0.4) is 0 Å². The Kier molecular flexibility index (Phi) is 4.98. The van der Waals surface area contributed by atoms with Gasteiger partial charge in [0.05, 0.1) is 17.6 Å². The Bertz CT molecular complexity index is 1260. The molecule has 0 aliphatic rings. The van der Waals surface area contributed by atoms with Crippen LogP contribution in [0.15, 0.2) is 65.5 Å². The minimum Gasteiger partial charge on any atom is -0.484 e. The molecule has 3 aromatic carbocycles. The van der Waals surface area contributed by atoms with E-state index in [1.54, 1.807) is 24.3 Å². The van der Waals surface area contributed by atoms with Gasteiger partial charge in [-0.25, -0.2) is 4.79 Å². The second-order valence-electron chi connectivity index (χ2n) is 6.46. The number of carbonyl (C=O) groups is 2. The average Bonchev–Trinajstić information content (AvgIpc) is 3.10. The smallest absolute Gasteiger partial charge is 0.323 e. The second kappa shape index (κ2) is 7.89. The molecular weight excluding hydrogens is 372 g/mol. The predicted octanol–water partition coefficient (Wildman–Crippen LogP) is 2.14. The number of amides is 2. The highest BCUT2D eigenvalue weighted by atomic mass is 16.5. The quantitative estimate of drug-likeness (QED) is 0.404. The summed E-state index contributed by atoms with van der Waals surface area (Å²) in [6.07, 6.45) is 0. The molecule has 0 unspecified atom stereocenters. The third-order valence-electron chi connectivity index (χ3n) is 4.34. The molecule has 0 saturated heterocycles. The molecule has 29 heavy (non-hydrogen) atoms. The van der Waals surface area contributed by atoms with Crippen LogP contribution >= 0.6 is 0 Å². The summed E-state index contributed by atoms with van der Waals surface area (Å²) < 4.78 is 5.50. The summed E-state index contributed by atoms with van der Waals surface area (Å²) in [6, 6.07) is 18.4. The molecule has 0 radical (unpaired) electrons. The van der Waals surface area contributed by atoms with E-state index < -0.39 is 5.91 Å². The maximum Gasteiger partial charge on any atom is 0.323 e. The maximum absolute atomic E-state index is 12.0. The fraction of sp³-hybridized carbons (Fsp3) is 0.0952. The number of aromatic nitrogens is 2. The fourth-order valence-electron chi connectivity index (χ4n) is 2.95. The largest absolute Gasteiger partial charge is 0.484 e. The first-order chi connectivity index (χ1) is 14.1. The van der Waals surface area contributed by atoms with Crippen molar-refractivity contribution >= 4 is 39.3 Å². The fourth-order valence-corrected chi connectivity index (χ4v) is 2.95. The van der Waals surface area contributed by atoms with E-state index in [4.69, 9.17) is 4.74 Å². The topological polar surface area (TPSA) is 116 Å². The van der Waals surface area contributed by atoms with Gasteiger partial charge in [-0.1, -0.05) is 30.3 Å². The summed E-state index contributed by atoms with van der Waals surface area (Å²) in [5, 5.41) is 7.28. The lowest BCUT2D eigenvalue weighted by Gasteiger charge is -2.09. The van der Waals surface area contributed by atoms with Crippen molar-refractivity contribution in [3.8, 4) is 5.75 Å². The van der Waals surface area contributed by atoms with Gasteiger partial charge in [-0.2, -0.15) is 0 Å². The van der Waals surface area contributed by atoms with Crippen molar-refractivity contribution in [2.24, 2.45) is 0 Å². The number of benzene rings is 3. The third-order valence-corrected chi connectivity index (χ3v) is 4.34. The molecule has 0 saturated carbocycles. The molecule has 0 aliphatic heterocycles. The zero-order valence-electron chi connectivity index (χ0n) is 15.3. The molecular formula is C21H18N4O4. The Hall–Kier alpha value is -4.07. The van der Waals surface area contributed by atoms with Gasteiger partial charge in [0, 0.05) is 5.69 Å². The molecule has 0 fully saturated rings. The van der Waals surface area contributed by atoms with Gasteiger partial charge >= 0.3 is 5.69 Å². The standard InChI is InChI=1S/C21H18N4O4/c26-19(23-15-6-8-17-18(10-15)25-21(28)24-17)11-22-20(27)12-29-16-7-5-13-3-1-2-4-14(13)9-16/h1-10H,11-12H2,(H,22,27)(H,23,26)(H2,24,25,28). The molecule has 4 rings (SSSR count). The van der Waals surface area contributed by atoms with E-state index >= 15 is 0 Å². The van der Waals surface area contributed by atoms with Crippen LogP contribution in [0.25, 0.3) is 21.8 Å². The van der Waals surface area contributed by atoms with Gasteiger partial charge in [-0.05, 0) is 41.1 Å². The van der Waals surface area contributed by atoms with Crippen molar-refractivity contribution < 1.29 is 14.3 Å². The minimum atomic E-state index is -0.404. The molecule has 8 nitrogen and oxygen atoms in total. The molecule has 1 heterocycles. The second-order valence-corrected chi connectivity index (χ2v) is 6.46. The van der Waals surface area contributed by atoms with Crippen LogP contribution in [0.4, 0.5) is 5.69 Å². The number of anilines is 1. The highest BCUT2D eigenvalue weighted by Crippen LogP contribution is 2.20. The first-order valence-electron chi connectivity index (χ1n) is 8.97. The van der Waals surface area contributed by atoms with Gasteiger partial charge in [0.25, 0.3) is 5.91 Å². The number of H-pyrrole nitrogens is 2. The third kappa shape index (κ3) is 4.44. The number of rotatable bonds is 6.